The molecule has 1 amide bonds. The number of thioether (sulfide) groups is 1. The predicted molar refractivity (Wildman–Crippen MR) is 103 cm³/mol. The summed E-state index contributed by atoms with van der Waals surface area (Å²) in [6.07, 6.45) is 0. The van der Waals surface area contributed by atoms with Gasteiger partial charge in [-0.25, -0.2) is 18.4 Å². The summed E-state index contributed by atoms with van der Waals surface area (Å²) < 4.78 is 38.4. The third-order valence-corrected chi connectivity index (χ3v) is 5.26. The molecule has 3 rings (SSSR count). The number of halogens is 3. The molecule has 0 spiro atoms. The number of esters is 2. The second-order valence-corrected chi connectivity index (χ2v) is 6.93. The molecule has 0 saturated carbocycles. The monoisotopic (exact) mass is 444 g/mol. The van der Waals surface area contributed by atoms with Gasteiger partial charge in [0.1, 0.15) is 10.7 Å². The van der Waals surface area contributed by atoms with E-state index >= 15 is 0 Å². The lowest BCUT2D eigenvalue weighted by molar-refractivity contribution is -0.146. The lowest BCUT2D eigenvalue weighted by Gasteiger charge is -2.36. The van der Waals surface area contributed by atoms with Crippen LogP contribution < -0.4 is 9.80 Å². The summed E-state index contributed by atoms with van der Waals surface area (Å²) in [5, 5.41) is 0.672. The molecule has 0 atom stereocenters. The van der Waals surface area contributed by atoms with Gasteiger partial charge < -0.3 is 14.4 Å². The Labute approximate surface area is 173 Å². The van der Waals surface area contributed by atoms with Crippen LogP contribution in [0.25, 0.3) is 0 Å². The highest BCUT2D eigenvalue weighted by atomic mass is 35.5. The van der Waals surface area contributed by atoms with E-state index in [-0.39, 0.29) is 36.0 Å². The molecule has 0 fully saturated rings. The Bertz CT molecular complexity index is 946. The molecular weight excluding hydrogens is 430 g/mol. The average molecular weight is 445 g/mol. The normalized spacial score (nSPS) is 14.8. The number of rotatable bonds is 4. The molecule has 0 aromatic heterocycles. The van der Waals surface area contributed by atoms with Gasteiger partial charge in [0.25, 0.3) is 0 Å². The standard InChI is InChI=1S/C18H15ClF2N2O5S/c1-3-27-16(24)12(17(25)28-4-2)15-23-9(8-29-15)7-22(18(19)26)14-11(23)6-5-10(20)13(14)21/h5-6,8H,3-4,7H2,1-2H3. The van der Waals surface area contributed by atoms with E-state index in [1.165, 1.54) is 11.0 Å². The van der Waals surface area contributed by atoms with Crippen LogP contribution in [0.4, 0.5) is 25.0 Å². The Morgan fingerprint density at radius 2 is 1.76 bits per heavy atom. The molecule has 0 saturated heterocycles. The van der Waals surface area contributed by atoms with Crippen molar-refractivity contribution >= 4 is 52.0 Å². The fourth-order valence-corrected chi connectivity index (χ4v) is 4.10. The second-order valence-electron chi connectivity index (χ2n) is 5.75. The molecule has 11 heteroatoms. The van der Waals surface area contributed by atoms with E-state index in [0.29, 0.717) is 5.70 Å². The minimum atomic E-state index is -1.28. The number of amides is 1. The fourth-order valence-electron chi connectivity index (χ4n) is 2.93. The summed E-state index contributed by atoms with van der Waals surface area (Å²) >= 11 is 6.56. The first-order valence-corrected chi connectivity index (χ1v) is 9.76. The van der Waals surface area contributed by atoms with Gasteiger partial charge >= 0.3 is 17.3 Å². The van der Waals surface area contributed by atoms with Crippen LogP contribution >= 0.6 is 23.4 Å². The minimum absolute atomic E-state index is 0.0188. The zero-order chi connectivity index (χ0) is 21.3. The van der Waals surface area contributed by atoms with Crippen LogP contribution in [0, 0.1) is 11.6 Å². The first-order chi connectivity index (χ1) is 13.8. The van der Waals surface area contributed by atoms with Crippen molar-refractivity contribution in [1.29, 1.82) is 0 Å². The summed E-state index contributed by atoms with van der Waals surface area (Å²) in [5.74, 6) is -4.28. The van der Waals surface area contributed by atoms with Gasteiger partial charge in [-0.1, -0.05) is 11.8 Å². The molecule has 1 aromatic rings. The molecule has 0 bridgehead atoms. The van der Waals surface area contributed by atoms with Gasteiger partial charge in [-0.2, -0.15) is 0 Å². The Hall–Kier alpha value is -2.59. The molecule has 2 aliphatic heterocycles. The number of anilines is 2. The smallest absolute Gasteiger partial charge is 0.348 e. The van der Waals surface area contributed by atoms with Gasteiger partial charge in [0, 0.05) is 0 Å². The quantitative estimate of drug-likeness (QED) is 0.174. The van der Waals surface area contributed by atoms with Crippen LogP contribution in [-0.2, 0) is 19.1 Å². The van der Waals surface area contributed by atoms with Gasteiger partial charge in [0.15, 0.2) is 17.2 Å². The minimum Gasteiger partial charge on any atom is -0.462 e. The van der Waals surface area contributed by atoms with Crippen LogP contribution in [0.15, 0.2) is 33.8 Å². The van der Waals surface area contributed by atoms with E-state index in [9.17, 15) is 23.2 Å². The second kappa shape index (κ2) is 8.42. The number of carbonyl (C=O) groups is 3. The van der Waals surface area contributed by atoms with Gasteiger partial charge in [-0.15, -0.1) is 0 Å². The third kappa shape index (κ3) is 3.69. The van der Waals surface area contributed by atoms with Gasteiger partial charge in [-0.05, 0) is 43.0 Å². The van der Waals surface area contributed by atoms with Crippen molar-refractivity contribution in [2.24, 2.45) is 0 Å². The number of nitrogens with zero attached hydrogens (tertiary/aromatic N) is 2. The largest absolute Gasteiger partial charge is 0.462 e. The van der Waals surface area contributed by atoms with E-state index < -0.39 is 34.6 Å². The van der Waals surface area contributed by atoms with Crippen molar-refractivity contribution in [3.05, 3.63) is 45.5 Å². The van der Waals surface area contributed by atoms with Crippen molar-refractivity contribution in [3.8, 4) is 0 Å². The lowest BCUT2D eigenvalue weighted by atomic mass is 10.1. The van der Waals surface area contributed by atoms with Gasteiger partial charge in [0.05, 0.1) is 31.1 Å². The number of ether oxygens (including phenoxy) is 2. The van der Waals surface area contributed by atoms with Crippen LogP contribution in [0.2, 0.25) is 0 Å². The Kier molecular flexibility index (Phi) is 6.13. The van der Waals surface area contributed by atoms with E-state index in [0.717, 1.165) is 22.7 Å². The van der Waals surface area contributed by atoms with Crippen LogP contribution in [0.3, 0.4) is 0 Å². The summed E-state index contributed by atoms with van der Waals surface area (Å²) in [5.41, 5.74) is -0.300. The van der Waals surface area contributed by atoms with Gasteiger partial charge in [-0.3, -0.25) is 9.69 Å². The molecule has 29 heavy (non-hydrogen) atoms. The maximum Gasteiger partial charge on any atom is 0.348 e. The number of hydrogen-bond acceptors (Lipinski definition) is 7. The number of carbonyl (C=O) groups excluding carboxylic acids is 3. The van der Waals surface area contributed by atoms with E-state index in [1.807, 2.05) is 0 Å². The number of fused-ring (bicyclic) bond motifs is 3. The molecule has 2 aliphatic rings. The summed E-state index contributed by atoms with van der Waals surface area (Å²) in [7, 11) is 0. The maximum atomic E-state index is 14.6. The van der Waals surface area contributed by atoms with Crippen molar-refractivity contribution in [2.75, 3.05) is 29.6 Å². The average Bonchev–Trinajstić information content (AvgIpc) is 3.08. The molecule has 0 radical (unpaired) electrons. The van der Waals surface area contributed by atoms with Gasteiger partial charge in [0.2, 0.25) is 0 Å². The highest BCUT2D eigenvalue weighted by Crippen LogP contribution is 2.49. The molecule has 0 N–H and O–H groups in total. The summed E-state index contributed by atoms with van der Waals surface area (Å²) in [6, 6.07) is 2.11. The SMILES string of the molecule is CCOC(=O)C(C(=O)OCC)=C1SC=C2CN(C(=O)Cl)c3c(ccc(F)c3F)N21. The summed E-state index contributed by atoms with van der Waals surface area (Å²) in [6.45, 7) is 3.01. The van der Waals surface area contributed by atoms with E-state index in [1.54, 1.807) is 19.3 Å². The van der Waals surface area contributed by atoms with Crippen molar-refractivity contribution < 1.29 is 32.6 Å². The molecular formula is C18H15ClF2N2O5S. The van der Waals surface area contributed by atoms with Crippen molar-refractivity contribution in [1.82, 2.24) is 0 Å². The number of benzene rings is 1. The Morgan fingerprint density at radius 1 is 1.14 bits per heavy atom. The van der Waals surface area contributed by atoms with Crippen LogP contribution in [0.5, 0.6) is 0 Å². The molecule has 0 aliphatic carbocycles. The first kappa shape index (κ1) is 21.1. The van der Waals surface area contributed by atoms with Crippen molar-refractivity contribution in [2.45, 2.75) is 13.8 Å². The van der Waals surface area contributed by atoms with Crippen molar-refractivity contribution in [3.63, 3.8) is 0 Å². The fraction of sp³-hybridized carbons (Fsp3) is 0.278. The predicted octanol–water partition coefficient (Wildman–Crippen LogP) is 3.88. The topological polar surface area (TPSA) is 76.2 Å². The maximum absolute atomic E-state index is 14.6. The summed E-state index contributed by atoms with van der Waals surface area (Å²) in [4.78, 5) is 39.0. The first-order valence-electron chi connectivity index (χ1n) is 8.51. The zero-order valence-corrected chi connectivity index (χ0v) is 16.9. The zero-order valence-electron chi connectivity index (χ0n) is 15.3. The molecule has 154 valence electrons. The lowest BCUT2D eigenvalue weighted by Crippen LogP contribution is -2.40. The number of hydrogen-bond donors (Lipinski definition) is 0. The Morgan fingerprint density at radius 3 is 2.31 bits per heavy atom. The highest BCUT2D eigenvalue weighted by molar-refractivity contribution is 8.06. The van der Waals surface area contributed by atoms with E-state index in [2.05, 4.69) is 0 Å². The molecule has 2 heterocycles. The molecule has 0 unspecified atom stereocenters. The third-order valence-electron chi connectivity index (χ3n) is 4.06. The molecule has 1 aromatic carbocycles. The molecule has 7 nitrogen and oxygen atoms in total. The highest BCUT2D eigenvalue weighted by Gasteiger charge is 2.41. The van der Waals surface area contributed by atoms with Crippen LogP contribution in [-0.4, -0.2) is 37.1 Å². The van der Waals surface area contributed by atoms with Crippen LogP contribution in [0.1, 0.15) is 13.8 Å². The van der Waals surface area contributed by atoms with E-state index in [4.69, 9.17) is 21.1 Å². The Balaban J connectivity index is 2.22.